The zero-order valence-corrected chi connectivity index (χ0v) is 16.9. The highest BCUT2D eigenvalue weighted by Crippen LogP contribution is 2.18. The summed E-state index contributed by atoms with van der Waals surface area (Å²) in [5.41, 5.74) is 1.54. The van der Waals surface area contributed by atoms with Crippen LogP contribution in [-0.4, -0.2) is 17.6 Å². The molecule has 2 rings (SSSR count). The standard InChI is InChI=1S/C20H23BrN2O3/c1-13(14-5-9-16(21)10-6-14)22-18(24)15-7-11-17(12-8-15)23-19(25)26-20(2,3)4/h5-13H,1-4H3,(H,22,24)(H,23,25)/t13-/m0/s1. The normalized spacial score (nSPS) is 12.2. The van der Waals surface area contributed by atoms with Crippen LogP contribution in [-0.2, 0) is 4.74 Å². The predicted octanol–water partition coefficient (Wildman–Crippen LogP) is 5.29. The molecular weight excluding hydrogens is 396 g/mol. The number of nitrogens with one attached hydrogen (secondary N) is 2. The fourth-order valence-corrected chi connectivity index (χ4v) is 2.51. The van der Waals surface area contributed by atoms with Gasteiger partial charge in [0.2, 0.25) is 0 Å². The molecule has 0 aromatic heterocycles. The molecule has 2 N–H and O–H groups in total. The van der Waals surface area contributed by atoms with Crippen LogP contribution in [0.1, 0.15) is 49.7 Å². The van der Waals surface area contributed by atoms with Gasteiger partial charge in [-0.1, -0.05) is 28.1 Å². The van der Waals surface area contributed by atoms with E-state index < -0.39 is 11.7 Å². The van der Waals surface area contributed by atoms with E-state index in [1.54, 1.807) is 45.0 Å². The summed E-state index contributed by atoms with van der Waals surface area (Å²) in [5, 5.41) is 5.60. The first kappa shape index (κ1) is 20.0. The number of carbonyl (C=O) groups excluding carboxylic acids is 2. The molecule has 0 aliphatic carbocycles. The number of anilines is 1. The molecule has 2 aromatic rings. The van der Waals surface area contributed by atoms with Crippen molar-refractivity contribution < 1.29 is 14.3 Å². The average molecular weight is 419 g/mol. The van der Waals surface area contributed by atoms with Gasteiger partial charge in [0, 0.05) is 15.7 Å². The van der Waals surface area contributed by atoms with E-state index in [1.807, 2.05) is 31.2 Å². The number of halogens is 1. The lowest BCUT2D eigenvalue weighted by Gasteiger charge is -2.19. The van der Waals surface area contributed by atoms with Gasteiger partial charge in [-0.15, -0.1) is 0 Å². The van der Waals surface area contributed by atoms with Crippen molar-refractivity contribution in [1.29, 1.82) is 0 Å². The summed E-state index contributed by atoms with van der Waals surface area (Å²) in [6, 6.07) is 14.4. The van der Waals surface area contributed by atoms with Crippen molar-refractivity contribution in [3.8, 4) is 0 Å². The zero-order chi connectivity index (χ0) is 19.3. The van der Waals surface area contributed by atoms with Crippen molar-refractivity contribution in [2.75, 3.05) is 5.32 Å². The van der Waals surface area contributed by atoms with Crippen molar-refractivity contribution in [3.63, 3.8) is 0 Å². The minimum Gasteiger partial charge on any atom is -0.444 e. The quantitative estimate of drug-likeness (QED) is 0.708. The molecule has 0 unspecified atom stereocenters. The van der Waals surface area contributed by atoms with Crippen molar-refractivity contribution in [2.45, 2.75) is 39.3 Å². The summed E-state index contributed by atoms with van der Waals surface area (Å²) in [7, 11) is 0. The average Bonchev–Trinajstić information content (AvgIpc) is 2.54. The van der Waals surface area contributed by atoms with E-state index in [-0.39, 0.29) is 11.9 Å². The minimum atomic E-state index is -0.562. The minimum absolute atomic E-state index is 0.116. The van der Waals surface area contributed by atoms with Gasteiger partial charge in [0.05, 0.1) is 6.04 Å². The fourth-order valence-electron chi connectivity index (χ4n) is 2.24. The molecule has 0 saturated carbocycles. The highest BCUT2D eigenvalue weighted by molar-refractivity contribution is 9.10. The highest BCUT2D eigenvalue weighted by atomic mass is 79.9. The smallest absolute Gasteiger partial charge is 0.412 e. The molecule has 6 heteroatoms. The molecule has 0 radical (unpaired) electrons. The van der Waals surface area contributed by atoms with Crippen LogP contribution < -0.4 is 10.6 Å². The maximum Gasteiger partial charge on any atom is 0.412 e. The van der Waals surface area contributed by atoms with Crippen LogP contribution in [0.2, 0.25) is 0 Å². The molecule has 0 aliphatic heterocycles. The monoisotopic (exact) mass is 418 g/mol. The highest BCUT2D eigenvalue weighted by Gasteiger charge is 2.16. The number of amides is 2. The molecule has 0 bridgehead atoms. The van der Waals surface area contributed by atoms with Crippen LogP contribution >= 0.6 is 15.9 Å². The van der Waals surface area contributed by atoms with Gasteiger partial charge < -0.3 is 10.1 Å². The van der Waals surface area contributed by atoms with E-state index in [0.29, 0.717) is 11.3 Å². The first-order chi connectivity index (χ1) is 12.1. The molecule has 0 saturated heterocycles. The summed E-state index contributed by atoms with van der Waals surface area (Å²) in [4.78, 5) is 24.1. The van der Waals surface area contributed by atoms with Gasteiger partial charge in [-0.2, -0.15) is 0 Å². The fraction of sp³-hybridized carbons (Fsp3) is 0.300. The molecule has 138 valence electrons. The summed E-state index contributed by atoms with van der Waals surface area (Å²) < 4.78 is 6.19. The Kier molecular flexibility index (Phi) is 6.42. The van der Waals surface area contributed by atoms with Gasteiger partial charge in [-0.3, -0.25) is 10.1 Å². The van der Waals surface area contributed by atoms with Crippen molar-refractivity contribution >= 4 is 33.6 Å². The Hall–Kier alpha value is -2.34. The number of hydrogen-bond donors (Lipinski definition) is 2. The topological polar surface area (TPSA) is 67.4 Å². The Morgan fingerprint density at radius 1 is 1.00 bits per heavy atom. The van der Waals surface area contributed by atoms with E-state index in [4.69, 9.17) is 4.74 Å². The van der Waals surface area contributed by atoms with Gasteiger partial charge in [0.15, 0.2) is 0 Å². The maximum atomic E-state index is 12.4. The van der Waals surface area contributed by atoms with Crippen molar-refractivity contribution in [3.05, 3.63) is 64.1 Å². The predicted molar refractivity (Wildman–Crippen MR) is 106 cm³/mol. The van der Waals surface area contributed by atoms with E-state index in [0.717, 1.165) is 10.0 Å². The van der Waals surface area contributed by atoms with Gasteiger partial charge in [0.1, 0.15) is 5.60 Å². The Morgan fingerprint density at radius 2 is 1.58 bits per heavy atom. The third-order valence-corrected chi connectivity index (χ3v) is 4.04. The Bertz CT molecular complexity index is 765. The summed E-state index contributed by atoms with van der Waals surface area (Å²) in [5.74, 6) is -0.177. The molecule has 5 nitrogen and oxygen atoms in total. The first-order valence-corrected chi connectivity index (χ1v) is 9.10. The lowest BCUT2D eigenvalue weighted by Crippen LogP contribution is -2.27. The molecule has 0 aliphatic rings. The molecular formula is C20H23BrN2O3. The van der Waals surface area contributed by atoms with E-state index in [1.165, 1.54) is 0 Å². The molecule has 2 amide bonds. The van der Waals surface area contributed by atoms with Crippen LogP contribution in [0.5, 0.6) is 0 Å². The van der Waals surface area contributed by atoms with Crippen LogP contribution in [0.3, 0.4) is 0 Å². The number of rotatable bonds is 4. The van der Waals surface area contributed by atoms with Crippen LogP contribution in [0.25, 0.3) is 0 Å². The third kappa shape index (κ3) is 6.19. The molecule has 0 heterocycles. The van der Waals surface area contributed by atoms with Crippen molar-refractivity contribution in [2.24, 2.45) is 0 Å². The lowest BCUT2D eigenvalue weighted by molar-refractivity contribution is 0.0635. The molecule has 0 spiro atoms. The van der Waals surface area contributed by atoms with Crippen molar-refractivity contribution in [1.82, 2.24) is 5.32 Å². The number of benzene rings is 2. The summed E-state index contributed by atoms with van der Waals surface area (Å²) >= 11 is 3.40. The zero-order valence-electron chi connectivity index (χ0n) is 15.3. The van der Waals surface area contributed by atoms with E-state index in [9.17, 15) is 9.59 Å². The van der Waals surface area contributed by atoms with E-state index in [2.05, 4.69) is 26.6 Å². The largest absolute Gasteiger partial charge is 0.444 e. The summed E-state index contributed by atoms with van der Waals surface area (Å²) in [6.07, 6.45) is -0.529. The van der Waals surface area contributed by atoms with Crippen LogP contribution in [0.15, 0.2) is 53.0 Å². The second kappa shape index (κ2) is 8.36. The molecule has 26 heavy (non-hydrogen) atoms. The first-order valence-electron chi connectivity index (χ1n) is 8.30. The number of hydrogen-bond acceptors (Lipinski definition) is 3. The van der Waals surface area contributed by atoms with Crippen LogP contribution in [0.4, 0.5) is 10.5 Å². The Balaban J connectivity index is 1.95. The van der Waals surface area contributed by atoms with Gasteiger partial charge in [0.25, 0.3) is 5.91 Å². The number of carbonyl (C=O) groups is 2. The van der Waals surface area contributed by atoms with Gasteiger partial charge in [-0.05, 0) is 69.7 Å². The second-order valence-corrected chi connectivity index (χ2v) is 7.87. The third-order valence-electron chi connectivity index (χ3n) is 3.51. The molecule has 1 atom stereocenters. The van der Waals surface area contributed by atoms with Gasteiger partial charge >= 0.3 is 6.09 Å². The SMILES string of the molecule is C[C@H](NC(=O)c1ccc(NC(=O)OC(C)(C)C)cc1)c1ccc(Br)cc1. The Morgan fingerprint density at radius 3 is 2.12 bits per heavy atom. The maximum absolute atomic E-state index is 12.4. The van der Waals surface area contributed by atoms with Crippen LogP contribution in [0, 0.1) is 0 Å². The Labute approximate surface area is 162 Å². The van der Waals surface area contributed by atoms with E-state index >= 15 is 0 Å². The lowest BCUT2D eigenvalue weighted by atomic mass is 10.1. The molecule has 2 aromatic carbocycles. The molecule has 0 fully saturated rings. The second-order valence-electron chi connectivity index (χ2n) is 6.95. The number of ether oxygens (including phenoxy) is 1. The summed E-state index contributed by atoms with van der Waals surface area (Å²) in [6.45, 7) is 7.32. The van der Waals surface area contributed by atoms with Gasteiger partial charge in [-0.25, -0.2) is 4.79 Å².